The lowest BCUT2D eigenvalue weighted by molar-refractivity contribution is 0.112. The van der Waals surface area contributed by atoms with Gasteiger partial charge in [-0.05, 0) is 0 Å². The van der Waals surface area contributed by atoms with Crippen LogP contribution in [-0.4, -0.2) is 11.3 Å². The third-order valence-corrected chi connectivity index (χ3v) is 0.862. The van der Waals surface area contributed by atoms with E-state index in [9.17, 15) is 4.79 Å². The van der Waals surface area contributed by atoms with Gasteiger partial charge in [0.15, 0.2) is 0 Å². The molecule has 0 saturated carbocycles. The molecule has 0 fully saturated rings. The summed E-state index contributed by atoms with van der Waals surface area (Å²) in [5.74, 6) is 0.337. The Labute approximate surface area is 53.9 Å². The van der Waals surface area contributed by atoms with Gasteiger partial charge in [-0.1, -0.05) is 20.4 Å². The van der Waals surface area contributed by atoms with Crippen LogP contribution in [0.4, 0.5) is 4.79 Å². The largest absolute Gasteiger partial charge is 0.511 e. The van der Waals surface area contributed by atoms with Crippen LogP contribution in [0.1, 0.15) is 13.8 Å². The van der Waals surface area contributed by atoms with Crippen molar-refractivity contribution in [3.63, 3.8) is 0 Å². The number of ether oxygens (including phenoxy) is 1. The molecule has 0 aromatic rings. The summed E-state index contributed by atoms with van der Waals surface area (Å²) in [7, 11) is 0. The minimum atomic E-state index is -1.30. The first kappa shape index (κ1) is 8.01. The van der Waals surface area contributed by atoms with E-state index in [0.29, 0.717) is 0 Å². The van der Waals surface area contributed by atoms with Crippen LogP contribution in [0.15, 0.2) is 12.3 Å². The van der Waals surface area contributed by atoms with E-state index in [1.165, 1.54) is 0 Å². The van der Waals surface area contributed by atoms with Crippen molar-refractivity contribution in [1.82, 2.24) is 0 Å². The van der Waals surface area contributed by atoms with Gasteiger partial charge in [0.05, 0.1) is 0 Å². The fraction of sp³-hybridized carbons (Fsp3) is 0.500. The maximum absolute atomic E-state index is 9.83. The zero-order valence-corrected chi connectivity index (χ0v) is 5.55. The summed E-state index contributed by atoms with van der Waals surface area (Å²) in [5, 5.41) is 8.05. The third-order valence-electron chi connectivity index (χ3n) is 0.862. The van der Waals surface area contributed by atoms with Crippen molar-refractivity contribution in [2.75, 3.05) is 0 Å². The fourth-order valence-electron chi connectivity index (χ4n) is 0.230. The van der Waals surface area contributed by atoms with Crippen LogP contribution in [0.25, 0.3) is 0 Å². The van der Waals surface area contributed by atoms with Crippen molar-refractivity contribution in [2.24, 2.45) is 5.92 Å². The number of rotatable bonds is 2. The normalized spacial score (nSPS) is 9.22. The highest BCUT2D eigenvalue weighted by atomic mass is 16.7. The third kappa shape index (κ3) is 3.58. The van der Waals surface area contributed by atoms with Crippen LogP contribution in [0, 0.1) is 5.92 Å². The first-order chi connectivity index (χ1) is 4.04. The van der Waals surface area contributed by atoms with E-state index >= 15 is 0 Å². The van der Waals surface area contributed by atoms with Crippen LogP contribution >= 0.6 is 0 Å². The summed E-state index contributed by atoms with van der Waals surface area (Å²) in [6.07, 6.45) is -1.30. The molecule has 0 aliphatic carbocycles. The number of allylic oxidation sites excluding steroid dienone is 1. The monoisotopic (exact) mass is 130 g/mol. The molecule has 0 atom stereocenters. The lowest BCUT2D eigenvalue weighted by Crippen LogP contribution is -2.03. The molecule has 52 valence electrons. The number of hydrogen-bond acceptors (Lipinski definition) is 2. The van der Waals surface area contributed by atoms with E-state index < -0.39 is 6.16 Å². The molecule has 0 rings (SSSR count). The summed E-state index contributed by atoms with van der Waals surface area (Å²) < 4.78 is 4.23. The van der Waals surface area contributed by atoms with Crippen LogP contribution in [-0.2, 0) is 4.74 Å². The Bertz CT molecular complexity index is 126. The Kier molecular flexibility index (Phi) is 2.78. The molecule has 0 amide bonds. The van der Waals surface area contributed by atoms with E-state index in [2.05, 4.69) is 11.3 Å². The lowest BCUT2D eigenvalue weighted by Gasteiger charge is -2.05. The maximum atomic E-state index is 9.83. The summed E-state index contributed by atoms with van der Waals surface area (Å²) in [6, 6.07) is 0. The summed E-state index contributed by atoms with van der Waals surface area (Å²) >= 11 is 0. The predicted molar refractivity (Wildman–Crippen MR) is 33.1 cm³/mol. The molecule has 0 bridgehead atoms. The summed E-state index contributed by atoms with van der Waals surface area (Å²) in [4.78, 5) is 9.83. The van der Waals surface area contributed by atoms with Crippen molar-refractivity contribution < 1.29 is 14.6 Å². The quantitative estimate of drug-likeness (QED) is 0.458. The van der Waals surface area contributed by atoms with E-state index in [0.717, 1.165) is 0 Å². The predicted octanol–water partition coefficient (Wildman–Crippen LogP) is 1.85. The molecule has 3 heteroatoms. The van der Waals surface area contributed by atoms with Crippen molar-refractivity contribution in [2.45, 2.75) is 13.8 Å². The molecular formula is C6H10O3. The average molecular weight is 130 g/mol. The van der Waals surface area contributed by atoms with E-state index in [1.54, 1.807) is 0 Å². The minimum absolute atomic E-state index is 0.0566. The molecule has 0 spiro atoms. The fourth-order valence-corrected chi connectivity index (χ4v) is 0.230. The molecular weight excluding hydrogens is 120 g/mol. The van der Waals surface area contributed by atoms with Crippen LogP contribution in [0.3, 0.4) is 0 Å². The van der Waals surface area contributed by atoms with Gasteiger partial charge >= 0.3 is 6.16 Å². The molecule has 0 aromatic heterocycles. The maximum Gasteiger partial charge on any atom is 0.511 e. The van der Waals surface area contributed by atoms with Crippen molar-refractivity contribution in [3.05, 3.63) is 12.3 Å². The molecule has 0 aliphatic rings. The van der Waals surface area contributed by atoms with Crippen LogP contribution in [0.2, 0.25) is 0 Å². The Morgan fingerprint density at radius 2 is 2.11 bits per heavy atom. The molecule has 9 heavy (non-hydrogen) atoms. The molecule has 0 saturated heterocycles. The Morgan fingerprint density at radius 1 is 1.67 bits per heavy atom. The van der Waals surface area contributed by atoms with Gasteiger partial charge in [-0.3, -0.25) is 0 Å². The molecule has 1 N–H and O–H groups in total. The Balaban J connectivity index is 3.64. The smallest absolute Gasteiger partial charge is 0.449 e. The SMILES string of the molecule is C=C(OC(=O)O)C(C)C. The molecule has 0 radical (unpaired) electrons. The average Bonchev–Trinajstić information content (AvgIpc) is 1.63. The second-order valence-electron chi connectivity index (χ2n) is 1.99. The van der Waals surface area contributed by atoms with Crippen LogP contribution in [0.5, 0.6) is 0 Å². The Morgan fingerprint density at radius 3 is 2.22 bits per heavy atom. The van der Waals surface area contributed by atoms with Gasteiger partial charge in [0.1, 0.15) is 5.76 Å². The van der Waals surface area contributed by atoms with Gasteiger partial charge in [0, 0.05) is 5.92 Å². The highest BCUT2D eigenvalue weighted by molar-refractivity contribution is 5.58. The topological polar surface area (TPSA) is 46.5 Å². The minimum Gasteiger partial charge on any atom is -0.449 e. The number of hydrogen-bond donors (Lipinski definition) is 1. The van der Waals surface area contributed by atoms with E-state index in [-0.39, 0.29) is 11.7 Å². The second-order valence-corrected chi connectivity index (χ2v) is 1.99. The number of carboxylic acid groups (broad SMARTS) is 1. The lowest BCUT2D eigenvalue weighted by atomic mass is 10.2. The van der Waals surface area contributed by atoms with Crippen LogP contribution < -0.4 is 0 Å². The van der Waals surface area contributed by atoms with Gasteiger partial charge in [0.2, 0.25) is 0 Å². The molecule has 0 aliphatic heterocycles. The van der Waals surface area contributed by atoms with Gasteiger partial charge < -0.3 is 9.84 Å². The summed E-state index contributed by atoms with van der Waals surface area (Å²) in [6.45, 7) is 7.01. The molecule has 0 aromatic carbocycles. The highest BCUT2D eigenvalue weighted by Crippen LogP contribution is 2.07. The van der Waals surface area contributed by atoms with E-state index in [4.69, 9.17) is 5.11 Å². The second kappa shape index (κ2) is 3.12. The molecule has 0 heterocycles. The summed E-state index contributed by atoms with van der Waals surface area (Å²) in [5.41, 5.74) is 0. The van der Waals surface area contributed by atoms with Gasteiger partial charge in [-0.15, -0.1) is 0 Å². The highest BCUT2D eigenvalue weighted by Gasteiger charge is 2.04. The zero-order valence-electron chi connectivity index (χ0n) is 5.55. The zero-order chi connectivity index (χ0) is 7.44. The first-order valence-electron chi connectivity index (χ1n) is 2.63. The number of carbonyl (C=O) groups is 1. The van der Waals surface area contributed by atoms with Gasteiger partial charge in [0.25, 0.3) is 0 Å². The molecule has 0 unspecified atom stereocenters. The van der Waals surface area contributed by atoms with Crippen molar-refractivity contribution >= 4 is 6.16 Å². The first-order valence-corrected chi connectivity index (χ1v) is 2.63. The van der Waals surface area contributed by atoms with Crippen molar-refractivity contribution in [3.8, 4) is 0 Å². The van der Waals surface area contributed by atoms with Gasteiger partial charge in [-0.2, -0.15) is 0 Å². The molecule has 3 nitrogen and oxygen atoms in total. The van der Waals surface area contributed by atoms with Crippen molar-refractivity contribution in [1.29, 1.82) is 0 Å². The van der Waals surface area contributed by atoms with E-state index in [1.807, 2.05) is 13.8 Å². The standard InChI is InChI=1S/C6H10O3/c1-4(2)5(3)9-6(7)8/h4H,3H2,1-2H3,(H,7,8). The van der Waals surface area contributed by atoms with Gasteiger partial charge in [-0.25, -0.2) is 4.79 Å². The Hall–Kier alpha value is -0.990.